The van der Waals surface area contributed by atoms with Crippen molar-refractivity contribution in [2.75, 3.05) is 19.8 Å². The Hall–Kier alpha value is -2.36. The second-order valence-corrected chi connectivity index (χ2v) is 8.25. The van der Waals surface area contributed by atoms with E-state index >= 15 is 0 Å². The molecule has 1 amide bonds. The van der Waals surface area contributed by atoms with Gasteiger partial charge in [-0.2, -0.15) is 0 Å². The summed E-state index contributed by atoms with van der Waals surface area (Å²) >= 11 is 0. The van der Waals surface area contributed by atoms with Crippen molar-refractivity contribution in [2.24, 2.45) is 16.5 Å². The first-order chi connectivity index (χ1) is 15.8. The van der Waals surface area contributed by atoms with Gasteiger partial charge in [0.25, 0.3) is 0 Å². The van der Waals surface area contributed by atoms with Gasteiger partial charge in [0.15, 0.2) is 5.96 Å². The number of rotatable bonds is 20. The lowest BCUT2D eigenvalue weighted by atomic mass is 10.1. The molecular weight excluding hydrogens is 428 g/mol. The van der Waals surface area contributed by atoms with Crippen molar-refractivity contribution in [3.8, 4) is 0 Å². The summed E-state index contributed by atoms with van der Waals surface area (Å²) in [6.07, 6.45) is 10.3. The van der Waals surface area contributed by atoms with E-state index in [4.69, 9.17) is 20.9 Å². The number of aliphatic hydroxyl groups excluding tert-OH is 1. The fourth-order valence-corrected chi connectivity index (χ4v) is 3.17. The van der Waals surface area contributed by atoms with Crippen molar-refractivity contribution in [1.29, 1.82) is 0 Å². The molecule has 0 spiro atoms. The van der Waals surface area contributed by atoms with Gasteiger partial charge >= 0.3 is 11.9 Å². The molecule has 6 N–H and O–H groups in total. The van der Waals surface area contributed by atoms with Crippen molar-refractivity contribution in [2.45, 2.75) is 103 Å². The number of hydrogen-bond donors (Lipinski definition) is 4. The number of guanidine groups is 1. The minimum atomic E-state index is -1.14. The smallest absolute Gasteiger partial charge is 0.328 e. The Morgan fingerprint density at radius 1 is 0.909 bits per heavy atom. The minimum Gasteiger partial charge on any atom is -0.463 e. The van der Waals surface area contributed by atoms with Crippen LogP contribution >= 0.6 is 0 Å². The van der Waals surface area contributed by atoms with Crippen molar-refractivity contribution >= 4 is 23.8 Å². The molecule has 0 unspecified atom stereocenters. The average Bonchev–Trinajstić information content (AvgIpc) is 2.76. The number of aliphatic imine (C=N–C) groups is 1. The molecule has 0 bridgehead atoms. The number of hydrogen-bond acceptors (Lipinski definition) is 7. The number of ether oxygens (including phenoxy) is 2. The lowest BCUT2D eigenvalue weighted by Gasteiger charge is -2.18. The van der Waals surface area contributed by atoms with Gasteiger partial charge < -0.3 is 31.4 Å². The van der Waals surface area contributed by atoms with Gasteiger partial charge in [-0.05, 0) is 19.3 Å². The number of nitrogens with two attached hydrogens (primary N) is 2. The lowest BCUT2D eigenvalue weighted by Crippen LogP contribution is -2.42. The highest BCUT2D eigenvalue weighted by atomic mass is 16.6. The van der Waals surface area contributed by atoms with Crippen LogP contribution in [-0.4, -0.2) is 60.8 Å². The number of carbonyl (C=O) groups is 3. The molecule has 0 aromatic heterocycles. The van der Waals surface area contributed by atoms with Crippen LogP contribution in [0.4, 0.5) is 0 Å². The monoisotopic (exact) mass is 472 g/mol. The van der Waals surface area contributed by atoms with Crippen LogP contribution in [-0.2, 0) is 23.9 Å². The molecule has 10 nitrogen and oxygen atoms in total. The van der Waals surface area contributed by atoms with Crippen molar-refractivity contribution in [1.82, 2.24) is 5.32 Å². The third-order valence-electron chi connectivity index (χ3n) is 4.95. The Morgan fingerprint density at radius 2 is 1.48 bits per heavy atom. The fraction of sp³-hybridized carbons (Fsp3) is 0.826. The van der Waals surface area contributed by atoms with Crippen molar-refractivity contribution < 1.29 is 29.0 Å². The number of aliphatic hydroxyl groups is 1. The van der Waals surface area contributed by atoms with Crippen LogP contribution in [0.3, 0.4) is 0 Å². The van der Waals surface area contributed by atoms with Gasteiger partial charge in [0.2, 0.25) is 5.91 Å². The molecule has 0 aromatic carbocycles. The van der Waals surface area contributed by atoms with E-state index in [0.29, 0.717) is 19.4 Å². The molecule has 0 aliphatic heterocycles. The zero-order valence-electron chi connectivity index (χ0n) is 20.4. The molecule has 10 heteroatoms. The molecular formula is C23H44N4O6. The summed E-state index contributed by atoms with van der Waals surface area (Å²) in [6, 6.07) is -0.877. The van der Waals surface area contributed by atoms with Crippen LogP contribution < -0.4 is 16.8 Å². The number of unbranched alkanes of at least 4 members (excludes halogenated alkanes) is 8. The summed E-state index contributed by atoms with van der Waals surface area (Å²) in [5, 5.41) is 12.4. The first kappa shape index (κ1) is 30.6. The molecule has 0 aliphatic rings. The maximum Gasteiger partial charge on any atom is 0.328 e. The quantitative estimate of drug-likeness (QED) is 0.0902. The molecule has 0 aliphatic carbocycles. The van der Waals surface area contributed by atoms with Crippen LogP contribution in [0.15, 0.2) is 4.99 Å². The summed E-state index contributed by atoms with van der Waals surface area (Å²) in [6.45, 7) is 3.21. The summed E-state index contributed by atoms with van der Waals surface area (Å²) < 4.78 is 10.1. The first-order valence-corrected chi connectivity index (χ1v) is 12.1. The summed E-state index contributed by atoms with van der Waals surface area (Å²) in [5.74, 6) is -1.50. The van der Waals surface area contributed by atoms with E-state index in [1.807, 2.05) is 0 Å². The number of nitrogens with one attached hydrogen (secondary N) is 1. The second-order valence-electron chi connectivity index (χ2n) is 8.25. The normalized spacial score (nSPS) is 12.5. The third kappa shape index (κ3) is 20.0. The Balaban J connectivity index is 3.98. The van der Waals surface area contributed by atoms with Gasteiger partial charge in [0.05, 0.1) is 0 Å². The number of carbonyl (C=O) groups excluding carboxylic acids is 3. The summed E-state index contributed by atoms with van der Waals surface area (Å²) in [7, 11) is 0. The molecule has 0 fully saturated rings. The van der Waals surface area contributed by atoms with Crippen LogP contribution in [0.2, 0.25) is 0 Å². The minimum absolute atomic E-state index is 0.0517. The van der Waals surface area contributed by atoms with Crippen LogP contribution in [0, 0.1) is 0 Å². The molecule has 33 heavy (non-hydrogen) atoms. The predicted octanol–water partition coefficient (Wildman–Crippen LogP) is 1.91. The van der Waals surface area contributed by atoms with Crippen LogP contribution in [0.25, 0.3) is 0 Å². The molecule has 192 valence electrons. The van der Waals surface area contributed by atoms with E-state index < -0.39 is 18.1 Å². The maximum absolute atomic E-state index is 12.2. The van der Waals surface area contributed by atoms with Gasteiger partial charge in [-0.3, -0.25) is 14.6 Å². The van der Waals surface area contributed by atoms with Gasteiger partial charge in [0.1, 0.15) is 25.4 Å². The van der Waals surface area contributed by atoms with Gasteiger partial charge in [-0.1, -0.05) is 58.3 Å². The molecule has 0 saturated carbocycles. The number of amides is 1. The zero-order valence-corrected chi connectivity index (χ0v) is 20.4. The average molecular weight is 473 g/mol. The highest BCUT2D eigenvalue weighted by Crippen LogP contribution is 2.11. The van der Waals surface area contributed by atoms with E-state index in [2.05, 4.69) is 17.2 Å². The SMILES string of the molecule is CCCCCCCCCCCC(=O)OC[C@H](O)COC(=O)[C@H](CCCN=C(N)N)NC(C)=O. The molecule has 0 saturated heterocycles. The Bertz CT molecular complexity index is 581. The van der Waals surface area contributed by atoms with E-state index in [1.54, 1.807) is 0 Å². The van der Waals surface area contributed by atoms with E-state index in [9.17, 15) is 19.5 Å². The zero-order chi connectivity index (χ0) is 24.9. The molecule has 0 aromatic rings. The number of esters is 2. The second kappa shape index (κ2) is 20.3. The van der Waals surface area contributed by atoms with Gasteiger partial charge in [-0.15, -0.1) is 0 Å². The highest BCUT2D eigenvalue weighted by Gasteiger charge is 2.22. The Morgan fingerprint density at radius 3 is 2.06 bits per heavy atom. The standard InChI is InChI=1S/C23H44N4O6/c1-3-4-5-6-7-8-9-10-11-14-21(30)32-16-19(29)17-33-22(31)20(27-18(2)28)13-12-15-26-23(24)25/h19-20,29H,3-17H2,1-2H3,(H,27,28)(H4,24,25,26)/t19-,20-/m0/s1. The van der Waals surface area contributed by atoms with Gasteiger partial charge in [-0.25, -0.2) is 4.79 Å². The Kier molecular flexibility index (Phi) is 18.8. The van der Waals surface area contributed by atoms with E-state index in [0.717, 1.165) is 19.3 Å². The fourth-order valence-electron chi connectivity index (χ4n) is 3.17. The largest absolute Gasteiger partial charge is 0.463 e. The maximum atomic E-state index is 12.2. The van der Waals surface area contributed by atoms with Crippen LogP contribution in [0.1, 0.15) is 90.9 Å². The molecule has 0 rings (SSSR count). The first-order valence-electron chi connectivity index (χ1n) is 12.1. The van der Waals surface area contributed by atoms with Crippen molar-refractivity contribution in [3.05, 3.63) is 0 Å². The number of nitrogens with zero attached hydrogens (tertiary/aromatic N) is 1. The molecule has 0 radical (unpaired) electrons. The predicted molar refractivity (Wildman–Crippen MR) is 127 cm³/mol. The summed E-state index contributed by atoms with van der Waals surface area (Å²) in [4.78, 5) is 39.1. The van der Waals surface area contributed by atoms with E-state index in [1.165, 1.54) is 45.4 Å². The Labute approximate surface area is 197 Å². The summed E-state index contributed by atoms with van der Waals surface area (Å²) in [5.41, 5.74) is 10.5. The van der Waals surface area contributed by atoms with Crippen LogP contribution in [0.5, 0.6) is 0 Å². The lowest BCUT2D eigenvalue weighted by molar-refractivity contribution is -0.154. The van der Waals surface area contributed by atoms with Crippen molar-refractivity contribution in [3.63, 3.8) is 0 Å². The highest BCUT2D eigenvalue weighted by molar-refractivity contribution is 5.83. The van der Waals surface area contributed by atoms with E-state index in [-0.39, 0.29) is 37.5 Å². The topological polar surface area (TPSA) is 166 Å². The molecule has 0 heterocycles. The molecule has 2 atom stereocenters. The third-order valence-corrected chi connectivity index (χ3v) is 4.95. The van der Waals surface area contributed by atoms with Gasteiger partial charge in [0, 0.05) is 19.9 Å².